The minimum Gasteiger partial charge on any atom is -0.423 e. The van der Waals surface area contributed by atoms with Crippen molar-refractivity contribution >= 4 is 28.7 Å². The smallest absolute Gasteiger partial charge is 0.313 e. The fourth-order valence-corrected chi connectivity index (χ4v) is 2.54. The average Bonchev–Trinajstić information content (AvgIpc) is 2.60. The van der Waals surface area contributed by atoms with E-state index in [9.17, 15) is 18.4 Å². The zero-order chi connectivity index (χ0) is 19.0. The van der Waals surface area contributed by atoms with E-state index in [2.05, 4.69) is 15.0 Å². The molecule has 0 unspecified atom stereocenters. The maximum absolute atomic E-state index is 14.4. The van der Waals surface area contributed by atoms with Crippen molar-refractivity contribution in [2.75, 3.05) is 0 Å². The predicted molar refractivity (Wildman–Crippen MR) is 91.0 cm³/mol. The number of aromatic nitrogens is 3. The van der Waals surface area contributed by atoms with Crippen molar-refractivity contribution in [3.05, 3.63) is 51.5 Å². The molecule has 26 heavy (non-hydrogen) atoms. The van der Waals surface area contributed by atoms with E-state index in [0.29, 0.717) is 0 Å². The summed E-state index contributed by atoms with van der Waals surface area (Å²) in [6.45, 7) is 3.16. The van der Waals surface area contributed by atoms with Crippen LogP contribution in [0.5, 0.6) is 5.75 Å². The monoisotopic (exact) mass is 379 g/mol. The third-order valence-corrected chi connectivity index (χ3v) is 3.94. The molecule has 0 bridgehead atoms. The van der Waals surface area contributed by atoms with Gasteiger partial charge in [-0.05, 0) is 12.1 Å². The number of benzene rings is 1. The van der Waals surface area contributed by atoms with E-state index in [4.69, 9.17) is 16.3 Å². The summed E-state index contributed by atoms with van der Waals surface area (Å²) in [6, 6.07) is 1.65. The molecule has 0 aliphatic rings. The highest BCUT2D eigenvalue weighted by Crippen LogP contribution is 2.38. The third kappa shape index (κ3) is 3.03. The van der Waals surface area contributed by atoms with Gasteiger partial charge >= 0.3 is 5.97 Å². The Bertz CT molecular complexity index is 1080. The first kappa shape index (κ1) is 17.9. The molecule has 0 atom stereocenters. The Balaban J connectivity index is 2.42. The van der Waals surface area contributed by atoms with E-state index in [0.717, 1.165) is 12.1 Å². The fourth-order valence-electron chi connectivity index (χ4n) is 2.29. The van der Waals surface area contributed by atoms with Crippen molar-refractivity contribution < 1.29 is 18.3 Å². The highest BCUT2D eigenvalue weighted by atomic mass is 35.5. The fraction of sp³-hybridized carbons (Fsp3) is 0.176. The van der Waals surface area contributed by atoms with Gasteiger partial charge in [-0.15, -0.1) is 0 Å². The summed E-state index contributed by atoms with van der Waals surface area (Å²) < 4.78 is 33.6. The number of hydrogen-bond acceptors (Lipinski definition) is 5. The first-order valence-electron chi connectivity index (χ1n) is 7.53. The van der Waals surface area contributed by atoms with Crippen LogP contribution >= 0.6 is 11.6 Å². The van der Waals surface area contributed by atoms with Gasteiger partial charge in [0, 0.05) is 18.0 Å². The molecule has 0 fully saturated rings. The van der Waals surface area contributed by atoms with Crippen LogP contribution in [0.2, 0.25) is 5.02 Å². The molecule has 6 nitrogen and oxygen atoms in total. The minimum absolute atomic E-state index is 0.0100. The number of nitrogens with zero attached hydrogens (tertiary/aromatic N) is 2. The van der Waals surface area contributed by atoms with Crippen LogP contribution in [0.3, 0.4) is 0 Å². The first-order valence-corrected chi connectivity index (χ1v) is 7.91. The van der Waals surface area contributed by atoms with E-state index < -0.39 is 45.2 Å². The van der Waals surface area contributed by atoms with Crippen LogP contribution in [-0.2, 0) is 4.79 Å². The molecule has 0 amide bonds. The summed E-state index contributed by atoms with van der Waals surface area (Å²) in [5.41, 5.74) is -1.77. The number of carbonyl (C=O) groups excluding carboxylic acids is 1. The summed E-state index contributed by atoms with van der Waals surface area (Å²) in [6.07, 6.45) is 2.63. The van der Waals surface area contributed by atoms with E-state index in [1.54, 1.807) is 13.8 Å². The van der Waals surface area contributed by atoms with Crippen LogP contribution in [0.1, 0.15) is 13.8 Å². The van der Waals surface area contributed by atoms with E-state index in [1.165, 1.54) is 12.4 Å². The number of fused-ring (bicyclic) bond motifs is 1. The molecular formula is C17H12ClF2N3O3. The number of H-pyrrole nitrogens is 1. The van der Waals surface area contributed by atoms with Crippen molar-refractivity contribution in [3.8, 4) is 16.9 Å². The first-order chi connectivity index (χ1) is 12.3. The summed E-state index contributed by atoms with van der Waals surface area (Å²) in [7, 11) is 0. The Morgan fingerprint density at radius 3 is 2.50 bits per heavy atom. The second kappa shape index (κ2) is 6.80. The number of hydrogen-bond donors (Lipinski definition) is 1. The Hall–Kier alpha value is -2.87. The molecule has 9 heteroatoms. The van der Waals surface area contributed by atoms with Crippen LogP contribution in [0.15, 0.2) is 29.3 Å². The zero-order valence-corrected chi connectivity index (χ0v) is 14.4. The van der Waals surface area contributed by atoms with Crippen LogP contribution in [-0.4, -0.2) is 20.9 Å². The number of aromatic amines is 1. The quantitative estimate of drug-likeness (QED) is 0.556. The molecule has 3 aromatic rings. The number of pyridine rings is 1. The molecule has 0 saturated carbocycles. The van der Waals surface area contributed by atoms with E-state index >= 15 is 0 Å². The average molecular weight is 380 g/mol. The standard InChI is InChI=1S/C17H12ClF2N3O3/c1-7(2)17(25)26-14-11(10-8(19)3-4-9(20)12(10)18)16(24)23-15-13(14)21-5-6-22-15/h3-7H,1-2H3,(H,22,23,24). The van der Waals surface area contributed by atoms with E-state index in [1.807, 2.05) is 0 Å². The van der Waals surface area contributed by atoms with Gasteiger partial charge in [0.05, 0.1) is 16.5 Å². The lowest BCUT2D eigenvalue weighted by Gasteiger charge is -2.14. The van der Waals surface area contributed by atoms with Gasteiger partial charge in [-0.3, -0.25) is 9.59 Å². The maximum atomic E-state index is 14.4. The Labute approximate surface area is 150 Å². The molecule has 0 saturated heterocycles. The lowest BCUT2D eigenvalue weighted by molar-refractivity contribution is -0.137. The van der Waals surface area contributed by atoms with Gasteiger partial charge < -0.3 is 9.72 Å². The van der Waals surface area contributed by atoms with Crippen molar-refractivity contribution in [2.45, 2.75) is 13.8 Å². The Morgan fingerprint density at radius 2 is 1.81 bits per heavy atom. The number of esters is 1. The number of halogens is 3. The van der Waals surface area contributed by atoms with Crippen LogP contribution in [0.25, 0.3) is 22.3 Å². The Morgan fingerprint density at radius 1 is 1.15 bits per heavy atom. The summed E-state index contributed by atoms with van der Waals surface area (Å²) >= 11 is 5.88. The minimum atomic E-state index is -0.952. The number of carbonyl (C=O) groups is 1. The SMILES string of the molecule is CC(C)C(=O)Oc1c(-c2c(F)ccc(F)c2Cl)c(=O)[nH]c2nccnc12. The van der Waals surface area contributed by atoms with Gasteiger partial charge in [0.2, 0.25) is 0 Å². The molecule has 2 heterocycles. The van der Waals surface area contributed by atoms with E-state index in [-0.39, 0.29) is 16.9 Å². The van der Waals surface area contributed by atoms with Crippen molar-refractivity contribution in [3.63, 3.8) is 0 Å². The molecule has 0 aliphatic carbocycles. The van der Waals surface area contributed by atoms with Gasteiger partial charge in [0.25, 0.3) is 5.56 Å². The lowest BCUT2D eigenvalue weighted by atomic mass is 10.0. The third-order valence-electron chi connectivity index (χ3n) is 3.57. The molecule has 3 rings (SSSR count). The number of nitrogens with one attached hydrogen (secondary N) is 1. The summed E-state index contributed by atoms with van der Waals surface area (Å²) in [5, 5.41) is -0.611. The van der Waals surface area contributed by atoms with Gasteiger partial charge in [0.15, 0.2) is 11.4 Å². The van der Waals surface area contributed by atoms with Crippen LogP contribution in [0.4, 0.5) is 8.78 Å². The molecular weight excluding hydrogens is 368 g/mol. The molecule has 0 aliphatic heterocycles. The van der Waals surface area contributed by atoms with Gasteiger partial charge in [-0.25, -0.2) is 18.7 Å². The topological polar surface area (TPSA) is 84.9 Å². The number of ether oxygens (including phenoxy) is 1. The molecule has 2 aromatic heterocycles. The van der Waals surface area contributed by atoms with Gasteiger partial charge in [-0.1, -0.05) is 25.4 Å². The van der Waals surface area contributed by atoms with Gasteiger partial charge in [0.1, 0.15) is 17.2 Å². The molecule has 134 valence electrons. The molecule has 0 radical (unpaired) electrons. The molecule has 0 spiro atoms. The van der Waals surface area contributed by atoms with Crippen molar-refractivity contribution in [2.24, 2.45) is 5.92 Å². The highest BCUT2D eigenvalue weighted by molar-refractivity contribution is 6.33. The summed E-state index contributed by atoms with van der Waals surface area (Å²) in [5.74, 6) is -3.43. The largest absolute Gasteiger partial charge is 0.423 e. The van der Waals surface area contributed by atoms with Gasteiger partial charge in [-0.2, -0.15) is 0 Å². The number of rotatable bonds is 3. The lowest BCUT2D eigenvalue weighted by Crippen LogP contribution is -2.20. The zero-order valence-electron chi connectivity index (χ0n) is 13.6. The van der Waals surface area contributed by atoms with Crippen molar-refractivity contribution in [1.29, 1.82) is 0 Å². The van der Waals surface area contributed by atoms with Crippen LogP contribution < -0.4 is 10.3 Å². The predicted octanol–water partition coefficient (Wildman–Crippen LogP) is 3.48. The van der Waals surface area contributed by atoms with Crippen LogP contribution in [0, 0.1) is 17.6 Å². The molecule has 1 aromatic carbocycles. The summed E-state index contributed by atoms with van der Waals surface area (Å²) in [4.78, 5) is 35.0. The second-order valence-corrected chi connectivity index (χ2v) is 6.08. The maximum Gasteiger partial charge on any atom is 0.313 e. The molecule has 1 N–H and O–H groups in total. The highest BCUT2D eigenvalue weighted by Gasteiger charge is 2.26. The normalized spacial score (nSPS) is 11.2. The van der Waals surface area contributed by atoms with Crippen molar-refractivity contribution in [1.82, 2.24) is 15.0 Å². The Kier molecular flexibility index (Phi) is 4.69. The second-order valence-electron chi connectivity index (χ2n) is 5.71.